The lowest BCUT2D eigenvalue weighted by atomic mass is 9.88. The molecule has 0 unspecified atom stereocenters. The number of aryl methyl sites for hydroxylation is 1. The largest absolute Gasteiger partial charge is 0.378 e. The Kier molecular flexibility index (Phi) is 4.16. The average Bonchev–Trinajstić information content (AvgIpc) is 3.03. The van der Waals surface area contributed by atoms with Crippen LogP contribution in [0.3, 0.4) is 0 Å². The van der Waals surface area contributed by atoms with E-state index in [1.807, 2.05) is 30.0 Å². The van der Waals surface area contributed by atoms with Crippen molar-refractivity contribution in [2.75, 3.05) is 25.1 Å². The lowest BCUT2D eigenvalue weighted by Gasteiger charge is -2.41. The molecule has 5 heteroatoms. The first-order valence-electron chi connectivity index (χ1n) is 7.96. The van der Waals surface area contributed by atoms with Gasteiger partial charge >= 0.3 is 0 Å². The molecule has 0 aromatic carbocycles. The Morgan fingerprint density at radius 3 is 2.82 bits per heavy atom. The first-order valence-corrected chi connectivity index (χ1v) is 7.96. The standard InChI is InChI=1S/C17H24N4O/c1-4-7-17(22-3)8-11-20(12-9-17)16-13-14(5-2)19-15-6-10-18-21(15)16/h4,6,10,13H,1,5,7-9,11-12H2,2-3H3. The summed E-state index contributed by atoms with van der Waals surface area (Å²) in [5, 5.41) is 4.43. The van der Waals surface area contributed by atoms with E-state index in [1.54, 1.807) is 0 Å². The van der Waals surface area contributed by atoms with E-state index < -0.39 is 0 Å². The van der Waals surface area contributed by atoms with Gasteiger partial charge in [-0.25, -0.2) is 4.98 Å². The van der Waals surface area contributed by atoms with Crippen LogP contribution in [0.2, 0.25) is 0 Å². The molecule has 22 heavy (non-hydrogen) atoms. The van der Waals surface area contributed by atoms with E-state index in [2.05, 4.69) is 34.6 Å². The van der Waals surface area contributed by atoms with E-state index in [0.29, 0.717) is 0 Å². The molecule has 1 fully saturated rings. The number of fused-ring (bicyclic) bond motifs is 1. The molecule has 3 rings (SSSR count). The molecule has 1 aliphatic rings. The number of rotatable bonds is 5. The molecule has 0 radical (unpaired) electrons. The molecule has 0 atom stereocenters. The Morgan fingerprint density at radius 1 is 1.41 bits per heavy atom. The van der Waals surface area contributed by atoms with Gasteiger partial charge in [0.05, 0.1) is 11.8 Å². The van der Waals surface area contributed by atoms with Crippen molar-refractivity contribution in [2.45, 2.75) is 38.2 Å². The molecule has 1 saturated heterocycles. The summed E-state index contributed by atoms with van der Waals surface area (Å²) in [6.07, 6.45) is 7.62. The minimum Gasteiger partial charge on any atom is -0.378 e. The lowest BCUT2D eigenvalue weighted by molar-refractivity contribution is -0.0269. The highest BCUT2D eigenvalue weighted by Crippen LogP contribution is 2.32. The van der Waals surface area contributed by atoms with Crippen molar-refractivity contribution < 1.29 is 4.74 Å². The number of aromatic nitrogens is 3. The van der Waals surface area contributed by atoms with E-state index in [0.717, 1.165) is 55.9 Å². The highest BCUT2D eigenvalue weighted by molar-refractivity contribution is 5.51. The fourth-order valence-corrected chi connectivity index (χ4v) is 3.25. The van der Waals surface area contributed by atoms with Crippen LogP contribution < -0.4 is 4.90 Å². The monoisotopic (exact) mass is 300 g/mol. The third-order valence-corrected chi connectivity index (χ3v) is 4.70. The second-order valence-electron chi connectivity index (χ2n) is 5.93. The van der Waals surface area contributed by atoms with Crippen molar-refractivity contribution in [1.82, 2.24) is 14.6 Å². The maximum Gasteiger partial charge on any atom is 0.157 e. The van der Waals surface area contributed by atoms with Crippen molar-refractivity contribution >= 4 is 11.5 Å². The minimum absolute atomic E-state index is 0.0535. The normalized spacial score (nSPS) is 17.8. The summed E-state index contributed by atoms with van der Waals surface area (Å²) in [6, 6.07) is 4.12. The van der Waals surface area contributed by atoms with Gasteiger partial charge in [0, 0.05) is 38.0 Å². The second-order valence-corrected chi connectivity index (χ2v) is 5.93. The third kappa shape index (κ3) is 2.61. The number of methoxy groups -OCH3 is 1. The average molecular weight is 300 g/mol. The smallest absolute Gasteiger partial charge is 0.157 e. The van der Waals surface area contributed by atoms with Crippen LogP contribution in [0.5, 0.6) is 0 Å². The van der Waals surface area contributed by atoms with Crippen molar-refractivity contribution in [1.29, 1.82) is 0 Å². The van der Waals surface area contributed by atoms with Gasteiger partial charge < -0.3 is 9.64 Å². The van der Waals surface area contributed by atoms with Crippen LogP contribution in [0.25, 0.3) is 5.65 Å². The number of piperidine rings is 1. The molecule has 0 spiro atoms. The highest BCUT2D eigenvalue weighted by atomic mass is 16.5. The maximum absolute atomic E-state index is 5.79. The zero-order valence-corrected chi connectivity index (χ0v) is 13.5. The zero-order valence-electron chi connectivity index (χ0n) is 13.5. The Labute approximate surface area is 131 Å². The molecule has 2 aromatic heterocycles. The first kappa shape index (κ1) is 15.0. The van der Waals surface area contributed by atoms with E-state index in [9.17, 15) is 0 Å². The molecular formula is C17H24N4O. The second kappa shape index (κ2) is 6.08. The van der Waals surface area contributed by atoms with Crippen LogP contribution in [0.15, 0.2) is 31.0 Å². The molecular weight excluding hydrogens is 276 g/mol. The van der Waals surface area contributed by atoms with Gasteiger partial charge in [-0.05, 0) is 25.7 Å². The molecule has 0 saturated carbocycles. The van der Waals surface area contributed by atoms with Crippen molar-refractivity contribution in [2.24, 2.45) is 0 Å². The molecule has 118 valence electrons. The van der Waals surface area contributed by atoms with Crippen LogP contribution in [0, 0.1) is 0 Å². The lowest BCUT2D eigenvalue weighted by Crippen LogP contribution is -2.46. The Bertz CT molecular complexity index is 656. The molecule has 1 aliphatic heterocycles. The summed E-state index contributed by atoms with van der Waals surface area (Å²) in [7, 11) is 1.81. The Morgan fingerprint density at radius 2 is 2.18 bits per heavy atom. The van der Waals surface area contributed by atoms with E-state index in [4.69, 9.17) is 4.74 Å². The summed E-state index contributed by atoms with van der Waals surface area (Å²) in [6.45, 7) is 7.92. The molecule has 0 bridgehead atoms. The first-order chi connectivity index (χ1) is 10.7. The maximum atomic E-state index is 5.79. The topological polar surface area (TPSA) is 42.7 Å². The summed E-state index contributed by atoms with van der Waals surface area (Å²) >= 11 is 0. The molecule has 3 heterocycles. The van der Waals surface area contributed by atoms with Crippen molar-refractivity contribution in [3.05, 3.63) is 36.7 Å². The highest BCUT2D eigenvalue weighted by Gasteiger charge is 2.34. The number of anilines is 1. The fourth-order valence-electron chi connectivity index (χ4n) is 3.25. The molecule has 2 aromatic rings. The number of nitrogens with zero attached hydrogens (tertiary/aromatic N) is 4. The van der Waals surface area contributed by atoms with E-state index >= 15 is 0 Å². The number of hydrogen-bond acceptors (Lipinski definition) is 4. The van der Waals surface area contributed by atoms with Crippen molar-refractivity contribution in [3.63, 3.8) is 0 Å². The predicted octanol–water partition coefficient (Wildman–Crippen LogP) is 2.85. The summed E-state index contributed by atoms with van der Waals surface area (Å²) in [4.78, 5) is 7.01. The molecule has 5 nitrogen and oxygen atoms in total. The quantitative estimate of drug-likeness (QED) is 0.796. The van der Waals surface area contributed by atoms with Crippen molar-refractivity contribution in [3.8, 4) is 0 Å². The summed E-state index contributed by atoms with van der Waals surface area (Å²) < 4.78 is 7.73. The van der Waals surface area contributed by atoms with Gasteiger partial charge in [0.25, 0.3) is 0 Å². The Hall–Kier alpha value is -1.88. The van der Waals surface area contributed by atoms with Crippen LogP contribution in [-0.4, -0.2) is 40.4 Å². The van der Waals surface area contributed by atoms with Gasteiger partial charge in [0.2, 0.25) is 0 Å². The summed E-state index contributed by atoms with van der Waals surface area (Å²) in [5.41, 5.74) is 1.98. The third-order valence-electron chi connectivity index (χ3n) is 4.70. The van der Waals surface area contributed by atoms with Gasteiger partial charge in [0.1, 0.15) is 5.82 Å². The molecule has 0 N–H and O–H groups in total. The van der Waals surface area contributed by atoms with Crippen LogP contribution in [0.4, 0.5) is 5.82 Å². The Balaban J connectivity index is 1.87. The zero-order chi connectivity index (χ0) is 15.6. The van der Waals surface area contributed by atoms with E-state index in [-0.39, 0.29) is 5.60 Å². The molecule has 0 amide bonds. The van der Waals surface area contributed by atoms with Gasteiger partial charge in [-0.2, -0.15) is 9.61 Å². The molecule has 0 aliphatic carbocycles. The van der Waals surface area contributed by atoms with Crippen LogP contribution in [0.1, 0.15) is 31.9 Å². The number of hydrogen-bond donors (Lipinski definition) is 0. The van der Waals surface area contributed by atoms with E-state index in [1.165, 1.54) is 0 Å². The SMILES string of the molecule is C=CCC1(OC)CCN(c2cc(CC)nc3ccnn23)CC1. The van der Waals surface area contributed by atoms with Gasteiger partial charge in [0.15, 0.2) is 5.65 Å². The predicted molar refractivity (Wildman–Crippen MR) is 88.4 cm³/mol. The van der Waals surface area contributed by atoms with Gasteiger partial charge in [-0.3, -0.25) is 0 Å². The fraction of sp³-hybridized carbons (Fsp3) is 0.529. The minimum atomic E-state index is -0.0535. The van der Waals surface area contributed by atoms with Crippen LogP contribution >= 0.6 is 0 Å². The van der Waals surface area contributed by atoms with Gasteiger partial charge in [-0.1, -0.05) is 13.0 Å². The van der Waals surface area contributed by atoms with Gasteiger partial charge in [-0.15, -0.1) is 6.58 Å². The van der Waals surface area contributed by atoms with Crippen LogP contribution in [-0.2, 0) is 11.2 Å². The summed E-state index contributed by atoms with van der Waals surface area (Å²) in [5.74, 6) is 1.13. The number of ether oxygens (including phenoxy) is 1.